The van der Waals surface area contributed by atoms with Crippen molar-refractivity contribution in [2.24, 2.45) is 0 Å². The van der Waals surface area contributed by atoms with Gasteiger partial charge in [-0.25, -0.2) is 9.78 Å². The minimum Gasteiger partial charge on any atom is -0.382 e. The number of H-pyrrole nitrogens is 1. The number of rotatable bonds is 15. The molecule has 1 rings (SSSR count). The zero-order chi connectivity index (χ0) is 20.6. The molecule has 1 unspecified atom stereocenters. The number of carbonyl (C=O) groups excluding carboxylic acids is 1. The van der Waals surface area contributed by atoms with Crippen LogP contribution < -0.4 is 16.2 Å². The summed E-state index contributed by atoms with van der Waals surface area (Å²) in [6, 6.07) is 1.07. The van der Waals surface area contributed by atoms with Gasteiger partial charge in [-0.1, -0.05) is 26.7 Å². The third kappa shape index (κ3) is 10.4. The van der Waals surface area contributed by atoms with Gasteiger partial charge < -0.3 is 19.5 Å². The summed E-state index contributed by atoms with van der Waals surface area (Å²) in [6.45, 7) is 6.91. The second-order valence-corrected chi connectivity index (χ2v) is 6.36. The molecule has 0 fully saturated rings. The van der Waals surface area contributed by atoms with Gasteiger partial charge in [0.2, 0.25) is 5.95 Å². The normalized spacial score (nSPS) is 12.0. The van der Waals surface area contributed by atoms with Crippen LogP contribution in [0.3, 0.4) is 0 Å². The van der Waals surface area contributed by atoms with Crippen LogP contribution in [0.5, 0.6) is 0 Å². The summed E-state index contributed by atoms with van der Waals surface area (Å²) < 4.78 is 15.5. The minimum absolute atomic E-state index is 0.155. The third-order valence-electron chi connectivity index (χ3n) is 4.15. The molecule has 0 aliphatic carbocycles. The number of nitrogens with one attached hydrogen (secondary N) is 3. The molecular formula is C19H34N4O5. The van der Waals surface area contributed by atoms with Crippen molar-refractivity contribution >= 4 is 12.0 Å². The smallest absolute Gasteiger partial charge is 0.321 e. The number of methoxy groups -OCH3 is 1. The Morgan fingerprint density at radius 3 is 2.57 bits per heavy atom. The van der Waals surface area contributed by atoms with Gasteiger partial charge in [-0.3, -0.25) is 15.1 Å². The number of nitrogens with zero attached hydrogens (tertiary/aromatic N) is 1. The number of anilines is 1. The first-order chi connectivity index (χ1) is 13.6. The van der Waals surface area contributed by atoms with Crippen LogP contribution in [0.2, 0.25) is 0 Å². The van der Waals surface area contributed by atoms with Gasteiger partial charge in [-0.2, -0.15) is 0 Å². The average molecular weight is 399 g/mol. The van der Waals surface area contributed by atoms with E-state index < -0.39 is 6.03 Å². The lowest BCUT2D eigenvalue weighted by molar-refractivity contribution is 0.0260. The molecule has 0 saturated carbocycles. The van der Waals surface area contributed by atoms with Crippen molar-refractivity contribution in [2.75, 3.05) is 52.0 Å². The van der Waals surface area contributed by atoms with Gasteiger partial charge in [-0.05, 0) is 12.8 Å². The standard InChI is InChI=1S/C19H34N4O5/c1-4-6-7-15(5-2)16-14-17(24)22-18(21-16)23-19(25)20-8-9-27-12-13-28-11-10-26-3/h14-15H,4-13H2,1-3H3,(H3,20,21,22,23,24,25). The fraction of sp³-hybridized carbons (Fsp3) is 0.737. The first kappa shape index (κ1) is 24.1. The second-order valence-electron chi connectivity index (χ2n) is 6.36. The van der Waals surface area contributed by atoms with Crippen LogP contribution in [0, 0.1) is 0 Å². The number of hydrogen-bond donors (Lipinski definition) is 3. The van der Waals surface area contributed by atoms with E-state index in [0.29, 0.717) is 45.3 Å². The first-order valence-corrected chi connectivity index (χ1v) is 9.91. The largest absolute Gasteiger partial charge is 0.382 e. The van der Waals surface area contributed by atoms with E-state index in [0.717, 1.165) is 25.7 Å². The van der Waals surface area contributed by atoms with Gasteiger partial charge in [-0.15, -0.1) is 0 Å². The van der Waals surface area contributed by atoms with E-state index in [2.05, 4.69) is 34.4 Å². The van der Waals surface area contributed by atoms with Crippen molar-refractivity contribution in [1.29, 1.82) is 0 Å². The highest BCUT2D eigenvalue weighted by molar-refractivity contribution is 5.87. The zero-order valence-electron chi connectivity index (χ0n) is 17.2. The lowest BCUT2D eigenvalue weighted by Crippen LogP contribution is -2.33. The molecule has 160 valence electrons. The second kappa shape index (κ2) is 15.0. The summed E-state index contributed by atoms with van der Waals surface area (Å²) in [5.74, 6) is 0.368. The molecule has 28 heavy (non-hydrogen) atoms. The number of ether oxygens (including phenoxy) is 3. The third-order valence-corrected chi connectivity index (χ3v) is 4.15. The SMILES string of the molecule is CCCCC(CC)c1cc(=O)[nH]c(NC(=O)NCCOCCOCCOC)n1. The van der Waals surface area contributed by atoms with Crippen molar-refractivity contribution in [3.8, 4) is 0 Å². The van der Waals surface area contributed by atoms with Crippen molar-refractivity contribution < 1.29 is 19.0 Å². The Morgan fingerprint density at radius 2 is 1.89 bits per heavy atom. The Labute approximate surface area is 166 Å². The van der Waals surface area contributed by atoms with E-state index in [4.69, 9.17) is 14.2 Å². The fourth-order valence-electron chi connectivity index (χ4n) is 2.61. The van der Waals surface area contributed by atoms with E-state index >= 15 is 0 Å². The number of aromatic amines is 1. The molecule has 0 aromatic carbocycles. The molecule has 0 radical (unpaired) electrons. The number of hydrogen-bond acceptors (Lipinski definition) is 6. The number of aromatic nitrogens is 2. The van der Waals surface area contributed by atoms with Crippen LogP contribution >= 0.6 is 0 Å². The monoisotopic (exact) mass is 398 g/mol. The number of unbranched alkanes of at least 4 members (excludes halogenated alkanes) is 1. The maximum Gasteiger partial charge on any atom is 0.321 e. The van der Waals surface area contributed by atoms with Crippen LogP contribution in [-0.2, 0) is 14.2 Å². The molecule has 2 amide bonds. The molecule has 9 heteroatoms. The van der Waals surface area contributed by atoms with Crippen molar-refractivity contribution in [3.63, 3.8) is 0 Å². The minimum atomic E-state index is -0.443. The summed E-state index contributed by atoms with van der Waals surface area (Å²) in [5.41, 5.74) is 0.443. The number of carbonyl (C=O) groups is 1. The topological polar surface area (TPSA) is 115 Å². The maximum atomic E-state index is 12.0. The lowest BCUT2D eigenvalue weighted by atomic mass is 9.96. The summed E-state index contributed by atoms with van der Waals surface area (Å²) in [5, 5.41) is 5.23. The van der Waals surface area contributed by atoms with Crippen LogP contribution in [0.25, 0.3) is 0 Å². The highest BCUT2D eigenvalue weighted by atomic mass is 16.5. The summed E-state index contributed by atoms with van der Waals surface area (Å²) in [7, 11) is 1.62. The molecule has 0 aliphatic rings. The van der Waals surface area contributed by atoms with Gasteiger partial charge >= 0.3 is 6.03 Å². The summed E-state index contributed by atoms with van der Waals surface area (Å²) in [6.07, 6.45) is 4.04. The molecule has 1 aromatic heterocycles. The van der Waals surface area contributed by atoms with E-state index in [9.17, 15) is 9.59 Å². The highest BCUT2D eigenvalue weighted by Crippen LogP contribution is 2.23. The van der Waals surface area contributed by atoms with Crippen molar-refractivity contribution in [3.05, 3.63) is 22.1 Å². The Balaban J connectivity index is 2.36. The summed E-state index contributed by atoms with van der Waals surface area (Å²) >= 11 is 0. The number of amides is 2. The quantitative estimate of drug-likeness (QED) is 0.390. The predicted octanol–water partition coefficient (Wildman–Crippen LogP) is 2.25. The molecule has 0 aliphatic heterocycles. The molecule has 0 saturated heterocycles. The van der Waals surface area contributed by atoms with Crippen LogP contribution in [0.1, 0.15) is 51.1 Å². The Bertz CT molecular complexity index is 608. The zero-order valence-corrected chi connectivity index (χ0v) is 17.2. The van der Waals surface area contributed by atoms with E-state index in [1.165, 1.54) is 6.07 Å². The van der Waals surface area contributed by atoms with Gasteiger partial charge in [0, 0.05) is 25.6 Å². The van der Waals surface area contributed by atoms with Crippen LogP contribution in [0.15, 0.2) is 10.9 Å². The molecular weight excluding hydrogens is 364 g/mol. The highest BCUT2D eigenvalue weighted by Gasteiger charge is 2.13. The van der Waals surface area contributed by atoms with E-state index in [1.807, 2.05) is 0 Å². The Kier molecular flexibility index (Phi) is 12.9. The van der Waals surface area contributed by atoms with Gasteiger partial charge in [0.15, 0.2) is 0 Å². The predicted molar refractivity (Wildman–Crippen MR) is 108 cm³/mol. The number of urea groups is 1. The lowest BCUT2D eigenvalue weighted by Gasteiger charge is -2.14. The molecule has 9 nitrogen and oxygen atoms in total. The fourth-order valence-corrected chi connectivity index (χ4v) is 2.61. The molecule has 0 bridgehead atoms. The van der Waals surface area contributed by atoms with Crippen LogP contribution in [0.4, 0.5) is 10.7 Å². The Hall–Kier alpha value is -1.97. The molecule has 1 heterocycles. The van der Waals surface area contributed by atoms with E-state index in [-0.39, 0.29) is 17.4 Å². The first-order valence-electron chi connectivity index (χ1n) is 9.91. The maximum absolute atomic E-state index is 12.0. The molecule has 1 aromatic rings. The summed E-state index contributed by atoms with van der Waals surface area (Å²) in [4.78, 5) is 30.8. The molecule has 0 spiro atoms. The molecule has 1 atom stereocenters. The Morgan fingerprint density at radius 1 is 1.18 bits per heavy atom. The average Bonchev–Trinajstić information content (AvgIpc) is 2.67. The van der Waals surface area contributed by atoms with Crippen molar-refractivity contribution in [2.45, 2.75) is 45.4 Å². The van der Waals surface area contributed by atoms with Gasteiger partial charge in [0.1, 0.15) is 0 Å². The van der Waals surface area contributed by atoms with Crippen LogP contribution in [-0.4, -0.2) is 62.7 Å². The van der Waals surface area contributed by atoms with Gasteiger partial charge in [0.05, 0.1) is 38.7 Å². The van der Waals surface area contributed by atoms with Gasteiger partial charge in [0.25, 0.3) is 5.56 Å². The molecule has 3 N–H and O–H groups in total. The van der Waals surface area contributed by atoms with Crippen molar-refractivity contribution in [1.82, 2.24) is 15.3 Å². The van der Waals surface area contributed by atoms with E-state index in [1.54, 1.807) is 7.11 Å².